The van der Waals surface area contributed by atoms with Crippen molar-refractivity contribution >= 4 is 26.0 Å². The smallest absolute Gasteiger partial charge is 0.242 e. The van der Waals surface area contributed by atoms with Gasteiger partial charge in [0.05, 0.1) is 16.0 Å². The standard InChI is InChI=1S/C15H25BrN2O3S/c1-5-21-15-7-6-12(10-13(15)16)22(19,20)18(4)9-8-14(17)11(2)3/h6-7,10-11,14H,5,8-9,17H2,1-4H3. The van der Waals surface area contributed by atoms with Gasteiger partial charge in [0.25, 0.3) is 0 Å². The zero-order valence-electron chi connectivity index (χ0n) is 13.5. The molecule has 0 heterocycles. The molecule has 0 bridgehead atoms. The van der Waals surface area contributed by atoms with Crippen LogP contribution in [0.5, 0.6) is 5.75 Å². The largest absolute Gasteiger partial charge is 0.493 e. The molecular formula is C15H25BrN2O3S. The van der Waals surface area contributed by atoms with E-state index in [1.54, 1.807) is 25.2 Å². The van der Waals surface area contributed by atoms with Gasteiger partial charge in [-0.3, -0.25) is 0 Å². The number of rotatable bonds is 8. The normalized spacial score (nSPS) is 13.6. The summed E-state index contributed by atoms with van der Waals surface area (Å²) in [5, 5.41) is 0. The van der Waals surface area contributed by atoms with Crippen LogP contribution in [-0.4, -0.2) is 39.0 Å². The summed E-state index contributed by atoms with van der Waals surface area (Å²) < 4.78 is 32.5. The molecule has 0 saturated carbocycles. The Bertz CT molecular complexity index is 590. The van der Waals surface area contributed by atoms with Crippen LogP contribution in [0.1, 0.15) is 27.2 Å². The lowest BCUT2D eigenvalue weighted by Crippen LogP contribution is -2.34. The molecule has 1 atom stereocenters. The predicted octanol–water partition coefficient (Wildman–Crippen LogP) is 2.84. The highest BCUT2D eigenvalue weighted by molar-refractivity contribution is 9.10. The van der Waals surface area contributed by atoms with Gasteiger partial charge in [0.2, 0.25) is 10.0 Å². The van der Waals surface area contributed by atoms with Crippen molar-refractivity contribution in [2.24, 2.45) is 11.7 Å². The fourth-order valence-electron chi connectivity index (χ4n) is 1.88. The van der Waals surface area contributed by atoms with E-state index in [2.05, 4.69) is 15.9 Å². The molecule has 0 radical (unpaired) electrons. The molecule has 0 spiro atoms. The zero-order valence-corrected chi connectivity index (χ0v) is 15.9. The molecule has 0 aromatic heterocycles. The van der Waals surface area contributed by atoms with Gasteiger partial charge in [-0.25, -0.2) is 12.7 Å². The average molecular weight is 393 g/mol. The summed E-state index contributed by atoms with van der Waals surface area (Å²) in [5.41, 5.74) is 5.98. The molecule has 0 aliphatic carbocycles. The maximum atomic E-state index is 12.6. The Labute approximate surface area is 142 Å². The van der Waals surface area contributed by atoms with E-state index in [-0.39, 0.29) is 10.9 Å². The van der Waals surface area contributed by atoms with Gasteiger partial charge in [-0.05, 0) is 53.4 Å². The van der Waals surface area contributed by atoms with Crippen molar-refractivity contribution in [3.05, 3.63) is 22.7 Å². The van der Waals surface area contributed by atoms with E-state index in [1.807, 2.05) is 20.8 Å². The topological polar surface area (TPSA) is 72.6 Å². The van der Waals surface area contributed by atoms with Gasteiger partial charge in [0, 0.05) is 19.6 Å². The van der Waals surface area contributed by atoms with Crippen LogP contribution in [0.25, 0.3) is 0 Å². The predicted molar refractivity (Wildman–Crippen MR) is 92.6 cm³/mol. The van der Waals surface area contributed by atoms with Crippen LogP contribution in [0.2, 0.25) is 0 Å². The second-order valence-electron chi connectivity index (χ2n) is 5.55. The first-order chi connectivity index (χ1) is 10.2. The fraction of sp³-hybridized carbons (Fsp3) is 0.600. The molecule has 0 aliphatic heterocycles. The maximum Gasteiger partial charge on any atom is 0.242 e. The van der Waals surface area contributed by atoms with Gasteiger partial charge in [-0.1, -0.05) is 13.8 Å². The number of benzene rings is 1. The summed E-state index contributed by atoms with van der Waals surface area (Å²) >= 11 is 3.34. The van der Waals surface area contributed by atoms with Crippen molar-refractivity contribution in [3.8, 4) is 5.75 Å². The van der Waals surface area contributed by atoms with E-state index in [4.69, 9.17) is 10.5 Å². The molecule has 126 valence electrons. The molecule has 0 amide bonds. The van der Waals surface area contributed by atoms with Gasteiger partial charge < -0.3 is 10.5 Å². The Balaban J connectivity index is 2.87. The maximum absolute atomic E-state index is 12.6. The van der Waals surface area contributed by atoms with Crippen molar-refractivity contribution in [1.29, 1.82) is 0 Å². The lowest BCUT2D eigenvalue weighted by Gasteiger charge is -2.21. The Morgan fingerprint density at radius 3 is 2.50 bits per heavy atom. The second kappa shape index (κ2) is 8.29. The minimum Gasteiger partial charge on any atom is -0.493 e. The average Bonchev–Trinajstić information content (AvgIpc) is 2.46. The number of halogens is 1. The molecule has 1 aromatic carbocycles. The molecule has 0 fully saturated rings. The minimum absolute atomic E-state index is 0.00952. The van der Waals surface area contributed by atoms with Gasteiger partial charge in [0.15, 0.2) is 0 Å². The molecule has 5 nitrogen and oxygen atoms in total. The number of hydrogen-bond donors (Lipinski definition) is 1. The first-order valence-corrected chi connectivity index (χ1v) is 9.57. The number of nitrogens with two attached hydrogens (primary N) is 1. The Hall–Kier alpha value is -0.630. The minimum atomic E-state index is -3.52. The molecule has 1 unspecified atom stereocenters. The molecule has 1 aromatic rings. The summed E-state index contributed by atoms with van der Waals surface area (Å²) in [6, 6.07) is 4.78. The van der Waals surface area contributed by atoms with Crippen LogP contribution in [-0.2, 0) is 10.0 Å². The molecule has 1 rings (SSSR count). The first kappa shape index (κ1) is 19.4. The van der Waals surface area contributed by atoms with E-state index >= 15 is 0 Å². The van der Waals surface area contributed by atoms with Crippen molar-refractivity contribution < 1.29 is 13.2 Å². The van der Waals surface area contributed by atoms with Crippen LogP contribution in [0, 0.1) is 5.92 Å². The zero-order chi connectivity index (χ0) is 16.9. The Kier molecular flexibility index (Phi) is 7.31. The van der Waals surface area contributed by atoms with Gasteiger partial charge in [-0.2, -0.15) is 0 Å². The number of ether oxygens (including phenoxy) is 1. The third-order valence-electron chi connectivity index (χ3n) is 3.54. The number of sulfonamides is 1. The summed E-state index contributed by atoms with van der Waals surface area (Å²) in [6.07, 6.45) is 0.631. The van der Waals surface area contributed by atoms with Crippen LogP contribution in [0.4, 0.5) is 0 Å². The van der Waals surface area contributed by atoms with Crippen LogP contribution < -0.4 is 10.5 Å². The van der Waals surface area contributed by atoms with E-state index in [1.165, 1.54) is 4.31 Å². The molecule has 2 N–H and O–H groups in total. The lowest BCUT2D eigenvalue weighted by molar-refractivity contribution is 0.338. The van der Waals surface area contributed by atoms with E-state index in [9.17, 15) is 8.42 Å². The SMILES string of the molecule is CCOc1ccc(S(=O)(=O)N(C)CCC(N)C(C)C)cc1Br. The third kappa shape index (κ3) is 4.94. The van der Waals surface area contributed by atoms with Crippen molar-refractivity contribution in [2.75, 3.05) is 20.2 Å². The van der Waals surface area contributed by atoms with Crippen molar-refractivity contribution in [3.63, 3.8) is 0 Å². The summed E-state index contributed by atoms with van der Waals surface area (Å²) in [7, 11) is -1.95. The van der Waals surface area contributed by atoms with Crippen molar-refractivity contribution in [1.82, 2.24) is 4.31 Å². The molecule has 22 heavy (non-hydrogen) atoms. The quantitative estimate of drug-likeness (QED) is 0.737. The summed E-state index contributed by atoms with van der Waals surface area (Å²) in [6.45, 7) is 6.86. The van der Waals surface area contributed by atoms with Crippen LogP contribution >= 0.6 is 15.9 Å². The second-order valence-corrected chi connectivity index (χ2v) is 8.45. The molecular weight excluding hydrogens is 368 g/mol. The number of hydrogen-bond acceptors (Lipinski definition) is 4. The highest BCUT2D eigenvalue weighted by atomic mass is 79.9. The summed E-state index contributed by atoms with van der Waals surface area (Å²) in [5.74, 6) is 0.960. The third-order valence-corrected chi connectivity index (χ3v) is 6.02. The Morgan fingerprint density at radius 1 is 1.36 bits per heavy atom. The first-order valence-electron chi connectivity index (χ1n) is 7.34. The van der Waals surface area contributed by atoms with Gasteiger partial charge in [-0.15, -0.1) is 0 Å². The lowest BCUT2D eigenvalue weighted by atomic mass is 10.0. The number of nitrogens with zero attached hydrogens (tertiary/aromatic N) is 1. The van der Waals surface area contributed by atoms with Gasteiger partial charge in [0.1, 0.15) is 5.75 Å². The molecule has 0 aliphatic rings. The van der Waals surface area contributed by atoms with Crippen molar-refractivity contribution in [2.45, 2.75) is 38.1 Å². The summed E-state index contributed by atoms with van der Waals surface area (Å²) in [4.78, 5) is 0.239. The molecule has 0 saturated heterocycles. The van der Waals surface area contributed by atoms with Crippen LogP contribution in [0.3, 0.4) is 0 Å². The monoisotopic (exact) mass is 392 g/mol. The highest BCUT2D eigenvalue weighted by Crippen LogP contribution is 2.29. The Morgan fingerprint density at radius 2 is 2.00 bits per heavy atom. The van der Waals surface area contributed by atoms with E-state index in [0.717, 1.165) is 0 Å². The fourth-order valence-corrected chi connectivity index (χ4v) is 3.74. The van der Waals surface area contributed by atoms with E-state index in [0.29, 0.717) is 35.7 Å². The molecule has 7 heteroatoms. The van der Waals surface area contributed by atoms with Crippen LogP contribution in [0.15, 0.2) is 27.6 Å². The highest BCUT2D eigenvalue weighted by Gasteiger charge is 2.22. The van der Waals surface area contributed by atoms with Gasteiger partial charge >= 0.3 is 0 Å². The van der Waals surface area contributed by atoms with E-state index < -0.39 is 10.0 Å².